The number of nitrogens with zero attached hydrogens (tertiary/aromatic N) is 3. The summed E-state index contributed by atoms with van der Waals surface area (Å²) in [5, 5.41) is 9.08. The van der Waals surface area contributed by atoms with E-state index in [1.807, 2.05) is 0 Å². The second kappa shape index (κ2) is 23.0. The van der Waals surface area contributed by atoms with Gasteiger partial charge in [0.15, 0.2) is 0 Å². The van der Waals surface area contributed by atoms with Crippen LogP contribution in [0.25, 0.3) is 10.4 Å². The van der Waals surface area contributed by atoms with Crippen LogP contribution in [-0.4, -0.2) is 104 Å². The maximum atomic E-state index is 12.7. The van der Waals surface area contributed by atoms with Crippen molar-refractivity contribution in [3.05, 3.63) is 10.4 Å². The van der Waals surface area contributed by atoms with Gasteiger partial charge in [0, 0.05) is 18.0 Å². The molecular formula is C23H41N5O10. The van der Waals surface area contributed by atoms with Crippen LogP contribution in [0.3, 0.4) is 0 Å². The Morgan fingerprint density at radius 3 is 1.61 bits per heavy atom. The van der Waals surface area contributed by atoms with Crippen molar-refractivity contribution in [1.29, 1.82) is 0 Å². The van der Waals surface area contributed by atoms with Gasteiger partial charge in [-0.25, -0.2) is 4.79 Å². The summed E-state index contributed by atoms with van der Waals surface area (Å²) >= 11 is 0. The average Bonchev–Trinajstić information content (AvgIpc) is 2.92. The molecule has 0 aromatic heterocycles. The lowest BCUT2D eigenvalue weighted by molar-refractivity contribution is -0.142. The number of azide groups is 1. The Kier molecular flexibility index (Phi) is 21.1. The summed E-state index contributed by atoms with van der Waals surface area (Å²) in [5.41, 5.74) is 7.08. The van der Waals surface area contributed by atoms with Gasteiger partial charge in [-0.1, -0.05) is 18.0 Å². The van der Waals surface area contributed by atoms with Crippen molar-refractivity contribution in [2.75, 3.05) is 74.1 Å². The Morgan fingerprint density at radius 2 is 1.18 bits per heavy atom. The van der Waals surface area contributed by atoms with Crippen LogP contribution < -0.4 is 10.6 Å². The summed E-state index contributed by atoms with van der Waals surface area (Å²) in [6, 6.07) is -0.496. The lowest BCUT2D eigenvalue weighted by Gasteiger charge is -2.34. The summed E-state index contributed by atoms with van der Waals surface area (Å²) in [6.07, 6.45) is 3.21. The van der Waals surface area contributed by atoms with Gasteiger partial charge in [-0.05, 0) is 18.4 Å². The molecule has 0 atom stereocenters. The number of nitrogens with one attached hydrogen (secondary N) is 2. The number of carbonyl (C=O) groups excluding carboxylic acids is 4. The molecule has 0 saturated heterocycles. The highest BCUT2D eigenvalue weighted by atomic mass is 16.5. The van der Waals surface area contributed by atoms with E-state index in [9.17, 15) is 19.2 Å². The lowest BCUT2D eigenvalue weighted by atomic mass is 10.0. The molecule has 0 unspecified atom stereocenters. The minimum atomic E-state index is -1.21. The fourth-order valence-corrected chi connectivity index (χ4v) is 3.00. The predicted molar refractivity (Wildman–Crippen MR) is 134 cm³/mol. The van der Waals surface area contributed by atoms with E-state index in [-0.39, 0.29) is 58.9 Å². The minimum absolute atomic E-state index is 0.00481. The zero-order valence-electron chi connectivity index (χ0n) is 22.5. The minimum Gasteiger partial charge on any atom is -0.469 e. The number of ether oxygens (including phenoxy) is 6. The Bertz CT molecular complexity index is 686. The van der Waals surface area contributed by atoms with Gasteiger partial charge >= 0.3 is 23.9 Å². The van der Waals surface area contributed by atoms with Crippen molar-refractivity contribution >= 4 is 23.9 Å². The van der Waals surface area contributed by atoms with Crippen LogP contribution in [0.4, 0.5) is 4.79 Å². The summed E-state index contributed by atoms with van der Waals surface area (Å²) < 4.78 is 30.7. The molecule has 0 bridgehead atoms. The van der Waals surface area contributed by atoms with E-state index in [2.05, 4.69) is 34.9 Å². The monoisotopic (exact) mass is 547 g/mol. The van der Waals surface area contributed by atoms with Crippen LogP contribution in [0.1, 0.15) is 44.9 Å². The van der Waals surface area contributed by atoms with E-state index in [4.69, 9.17) is 19.7 Å². The predicted octanol–water partition coefficient (Wildman–Crippen LogP) is 1.63. The van der Waals surface area contributed by atoms with Crippen molar-refractivity contribution in [3.8, 4) is 0 Å². The van der Waals surface area contributed by atoms with Gasteiger partial charge < -0.3 is 39.1 Å². The molecule has 0 saturated carbocycles. The molecule has 0 radical (unpaired) electrons. The molecule has 0 aromatic rings. The second-order valence-corrected chi connectivity index (χ2v) is 8.17. The summed E-state index contributed by atoms with van der Waals surface area (Å²) in [4.78, 5) is 49.7. The van der Waals surface area contributed by atoms with Crippen LogP contribution >= 0.6 is 0 Å². The first-order valence-electron chi connectivity index (χ1n) is 12.3. The fraction of sp³-hybridized carbons (Fsp3) is 0.826. The molecule has 2 N–H and O–H groups in total. The van der Waals surface area contributed by atoms with Gasteiger partial charge in [-0.2, -0.15) is 0 Å². The van der Waals surface area contributed by atoms with E-state index < -0.39 is 29.5 Å². The number of rotatable bonds is 23. The number of amides is 2. The molecule has 38 heavy (non-hydrogen) atoms. The number of esters is 3. The highest BCUT2D eigenvalue weighted by Crippen LogP contribution is 2.11. The van der Waals surface area contributed by atoms with Crippen molar-refractivity contribution in [3.63, 3.8) is 0 Å². The van der Waals surface area contributed by atoms with Crippen LogP contribution in [0.5, 0.6) is 0 Å². The maximum Gasteiger partial charge on any atom is 0.315 e. The van der Waals surface area contributed by atoms with Crippen LogP contribution in [0, 0.1) is 0 Å². The van der Waals surface area contributed by atoms with Gasteiger partial charge in [-0.15, -0.1) is 0 Å². The number of methoxy groups -OCH3 is 3. The molecule has 15 nitrogen and oxygen atoms in total. The zero-order chi connectivity index (χ0) is 28.5. The Morgan fingerprint density at radius 1 is 0.737 bits per heavy atom. The smallest absolute Gasteiger partial charge is 0.315 e. The normalized spacial score (nSPS) is 10.7. The molecule has 0 aromatic carbocycles. The third-order valence-electron chi connectivity index (χ3n) is 5.08. The topological polar surface area (TPSA) is 196 Å². The lowest BCUT2D eigenvalue weighted by Crippen LogP contribution is -2.61. The highest BCUT2D eigenvalue weighted by Gasteiger charge is 2.34. The number of carbonyl (C=O) groups is 4. The SMILES string of the molecule is COC(=O)CCOCC(COCCC(=O)OC)(COCCC(=O)OC)NC(=O)NCCCCCCN=[N+]=[N-]. The van der Waals surface area contributed by atoms with Crippen LogP contribution in [-0.2, 0) is 42.8 Å². The molecule has 0 rings (SSSR count). The molecule has 0 spiro atoms. The highest BCUT2D eigenvalue weighted by molar-refractivity contribution is 5.75. The summed E-state index contributed by atoms with van der Waals surface area (Å²) in [7, 11) is 3.80. The average molecular weight is 548 g/mol. The largest absolute Gasteiger partial charge is 0.469 e. The third-order valence-corrected chi connectivity index (χ3v) is 5.08. The molecule has 0 aliphatic heterocycles. The standard InChI is InChI=1S/C23H41N5O10/c1-33-19(29)8-13-36-16-23(17-37-14-9-20(30)34-2,18-38-15-10-21(31)35-3)27-22(32)25-11-6-4-5-7-12-26-28-24/h4-18H2,1-3H3,(H2,25,27,32). The quantitative estimate of drug-likeness (QED) is 0.0473. The van der Waals surface area contributed by atoms with Gasteiger partial charge in [0.2, 0.25) is 0 Å². The maximum absolute atomic E-state index is 12.7. The van der Waals surface area contributed by atoms with E-state index in [0.717, 1.165) is 25.7 Å². The van der Waals surface area contributed by atoms with Crippen molar-refractivity contribution in [2.24, 2.45) is 5.11 Å². The molecule has 0 aliphatic rings. The van der Waals surface area contributed by atoms with Crippen molar-refractivity contribution in [2.45, 2.75) is 50.5 Å². The molecule has 218 valence electrons. The molecule has 0 fully saturated rings. The van der Waals surface area contributed by atoms with Gasteiger partial charge in [0.1, 0.15) is 5.54 Å². The van der Waals surface area contributed by atoms with Crippen LogP contribution in [0.15, 0.2) is 5.11 Å². The van der Waals surface area contributed by atoms with Crippen molar-refractivity contribution < 1.29 is 47.6 Å². The van der Waals surface area contributed by atoms with E-state index in [1.54, 1.807) is 0 Å². The van der Waals surface area contributed by atoms with Gasteiger partial charge in [0.05, 0.1) is 80.2 Å². The van der Waals surface area contributed by atoms with E-state index in [1.165, 1.54) is 21.3 Å². The van der Waals surface area contributed by atoms with Crippen LogP contribution in [0.2, 0.25) is 0 Å². The summed E-state index contributed by atoms with van der Waals surface area (Å²) in [5.74, 6) is -1.36. The van der Waals surface area contributed by atoms with Crippen molar-refractivity contribution in [1.82, 2.24) is 10.6 Å². The second-order valence-electron chi connectivity index (χ2n) is 8.17. The summed E-state index contributed by atoms with van der Waals surface area (Å²) in [6.45, 7) is 0.648. The first-order valence-corrected chi connectivity index (χ1v) is 12.3. The Labute approximate surface area is 222 Å². The zero-order valence-corrected chi connectivity index (χ0v) is 22.5. The third kappa shape index (κ3) is 19.0. The molecule has 0 heterocycles. The number of hydrogen-bond acceptors (Lipinski definition) is 11. The molecule has 0 aliphatic carbocycles. The molecular weight excluding hydrogens is 506 g/mol. The number of urea groups is 1. The van der Waals surface area contributed by atoms with E-state index >= 15 is 0 Å². The van der Waals surface area contributed by atoms with Gasteiger partial charge in [0.25, 0.3) is 0 Å². The first kappa shape index (κ1) is 34.9. The molecule has 15 heteroatoms. The Balaban J connectivity index is 5.14. The first-order chi connectivity index (χ1) is 18.3. The molecule has 2 amide bonds. The van der Waals surface area contributed by atoms with Gasteiger partial charge in [-0.3, -0.25) is 14.4 Å². The van der Waals surface area contributed by atoms with E-state index in [0.29, 0.717) is 13.1 Å². The number of hydrogen-bond donors (Lipinski definition) is 2. The Hall–Kier alpha value is -3.13. The number of unbranched alkanes of at least 4 members (excludes halogenated alkanes) is 3. The fourth-order valence-electron chi connectivity index (χ4n) is 3.00.